The molecule has 52 valence electrons. The molecule has 0 aliphatic heterocycles. The molecule has 4 heteroatoms. The summed E-state index contributed by atoms with van der Waals surface area (Å²) < 4.78 is 4.56. The summed E-state index contributed by atoms with van der Waals surface area (Å²) in [6, 6.07) is 0. The van der Waals surface area contributed by atoms with Gasteiger partial charge in [-0.25, -0.2) is 0 Å². The van der Waals surface area contributed by atoms with E-state index in [0.717, 1.165) is 0 Å². The Kier molecular flexibility index (Phi) is 9.89. The van der Waals surface area contributed by atoms with Gasteiger partial charge in [0, 0.05) is 13.7 Å². The van der Waals surface area contributed by atoms with E-state index in [-0.39, 0.29) is 19.0 Å². The largest absolute Gasteiger partial charge is 0.389 e. The minimum absolute atomic E-state index is 0. The molecule has 0 aromatic rings. The van der Waals surface area contributed by atoms with Crippen LogP contribution in [0.15, 0.2) is 0 Å². The molecule has 0 aromatic carbocycles. The van der Waals surface area contributed by atoms with Crippen molar-refractivity contribution in [2.45, 2.75) is 6.10 Å². The second-order valence-electron chi connectivity index (χ2n) is 1.34. The molecule has 0 saturated heterocycles. The van der Waals surface area contributed by atoms with Crippen molar-refractivity contribution in [2.24, 2.45) is 5.73 Å². The first-order chi connectivity index (χ1) is 3.31. The number of ether oxygens (including phenoxy) is 1. The summed E-state index contributed by atoms with van der Waals surface area (Å²) in [5, 5.41) is 8.61. The third-order valence-corrected chi connectivity index (χ3v) is 0.631. The number of hydrogen-bond acceptors (Lipinski definition) is 3. The van der Waals surface area contributed by atoms with Crippen molar-refractivity contribution < 1.29 is 9.84 Å². The van der Waals surface area contributed by atoms with E-state index >= 15 is 0 Å². The van der Waals surface area contributed by atoms with E-state index in [1.54, 1.807) is 0 Å². The third kappa shape index (κ3) is 6.17. The predicted molar refractivity (Wildman–Crippen MR) is 34.2 cm³/mol. The van der Waals surface area contributed by atoms with Gasteiger partial charge in [-0.3, -0.25) is 0 Å². The molecule has 0 heterocycles. The van der Waals surface area contributed by atoms with E-state index < -0.39 is 6.10 Å². The van der Waals surface area contributed by atoms with Gasteiger partial charge in [-0.2, -0.15) is 0 Å². The first-order valence-electron chi connectivity index (χ1n) is 2.18. The fourth-order valence-electron chi connectivity index (χ4n) is 0.260. The number of hydrogen-bond donors (Lipinski definition) is 2. The zero-order chi connectivity index (χ0) is 5.70. The van der Waals surface area contributed by atoms with Crippen molar-refractivity contribution in [3.63, 3.8) is 0 Å². The molecule has 0 unspecified atom stereocenters. The van der Waals surface area contributed by atoms with Gasteiger partial charge in [-0.1, -0.05) is 0 Å². The maximum absolute atomic E-state index is 8.61. The molecule has 3 nitrogen and oxygen atoms in total. The molecule has 0 saturated carbocycles. The molecule has 0 aromatic heterocycles. The van der Waals surface area contributed by atoms with Gasteiger partial charge < -0.3 is 15.6 Å². The van der Waals surface area contributed by atoms with Crippen LogP contribution in [0.5, 0.6) is 0 Å². The van der Waals surface area contributed by atoms with E-state index in [4.69, 9.17) is 10.8 Å². The summed E-state index contributed by atoms with van der Waals surface area (Å²) in [7, 11) is 1.53. The first kappa shape index (κ1) is 11.0. The average molecular weight is 142 g/mol. The predicted octanol–water partition coefficient (Wildman–Crippen LogP) is -0.626. The van der Waals surface area contributed by atoms with Gasteiger partial charge in [0.25, 0.3) is 0 Å². The second kappa shape index (κ2) is 7.17. The lowest BCUT2D eigenvalue weighted by atomic mass is 10.4. The topological polar surface area (TPSA) is 55.5 Å². The molecule has 3 N–H and O–H groups in total. The Labute approximate surface area is 55.2 Å². The lowest BCUT2D eigenvalue weighted by molar-refractivity contribution is 0.0702. The van der Waals surface area contributed by atoms with Crippen molar-refractivity contribution in [2.75, 3.05) is 20.3 Å². The Morgan fingerprint density at radius 2 is 2.25 bits per heavy atom. The van der Waals surface area contributed by atoms with Crippen molar-refractivity contribution >= 4 is 12.4 Å². The Bertz CT molecular complexity index is 45.0. The third-order valence-electron chi connectivity index (χ3n) is 0.631. The van der Waals surface area contributed by atoms with Crippen molar-refractivity contribution in [3.05, 3.63) is 0 Å². The number of nitrogens with two attached hydrogens (primary N) is 1. The lowest BCUT2D eigenvalue weighted by Crippen LogP contribution is -2.24. The van der Waals surface area contributed by atoms with Crippen LogP contribution in [0, 0.1) is 0 Å². The highest BCUT2D eigenvalue weighted by molar-refractivity contribution is 5.85. The van der Waals surface area contributed by atoms with Gasteiger partial charge in [0.1, 0.15) is 0 Å². The zero-order valence-electron chi connectivity index (χ0n) is 4.83. The van der Waals surface area contributed by atoms with Crippen LogP contribution in [-0.4, -0.2) is 31.5 Å². The molecule has 0 aliphatic rings. The minimum atomic E-state index is -0.495. The number of methoxy groups -OCH3 is 1. The second-order valence-corrected chi connectivity index (χ2v) is 1.34. The SMILES string of the molecule is COC[C@@H](O)CN.Cl. The van der Waals surface area contributed by atoms with Gasteiger partial charge in [-0.05, 0) is 0 Å². The van der Waals surface area contributed by atoms with Crippen LogP contribution < -0.4 is 5.73 Å². The van der Waals surface area contributed by atoms with Crippen molar-refractivity contribution in [3.8, 4) is 0 Å². The van der Waals surface area contributed by atoms with Gasteiger partial charge in [0.05, 0.1) is 12.7 Å². The highest BCUT2D eigenvalue weighted by Crippen LogP contribution is 1.75. The standard InChI is InChI=1S/C4H11NO2.ClH/c1-7-3-4(6)2-5;/h4,6H,2-3,5H2,1H3;1H/t4-;/m0./s1. The fourth-order valence-corrected chi connectivity index (χ4v) is 0.260. The summed E-state index contributed by atoms with van der Waals surface area (Å²) in [6.07, 6.45) is -0.495. The minimum Gasteiger partial charge on any atom is -0.389 e. The first-order valence-corrected chi connectivity index (χ1v) is 2.18. The summed E-state index contributed by atoms with van der Waals surface area (Å²) >= 11 is 0. The normalized spacial score (nSPS) is 12.4. The van der Waals surface area contributed by atoms with E-state index in [1.807, 2.05) is 0 Å². The number of halogens is 1. The molecule has 0 radical (unpaired) electrons. The lowest BCUT2D eigenvalue weighted by Gasteiger charge is -2.02. The molecular formula is C4H12ClNO2. The summed E-state index contributed by atoms with van der Waals surface area (Å²) in [5.41, 5.74) is 5.03. The molecular weight excluding hydrogens is 130 g/mol. The van der Waals surface area contributed by atoms with Crippen LogP contribution in [0.25, 0.3) is 0 Å². The van der Waals surface area contributed by atoms with Crippen LogP contribution in [0.2, 0.25) is 0 Å². The maximum Gasteiger partial charge on any atom is 0.0895 e. The summed E-state index contributed by atoms with van der Waals surface area (Å²) in [4.78, 5) is 0. The quantitative estimate of drug-likeness (QED) is 0.551. The fraction of sp³-hybridized carbons (Fsp3) is 1.00. The Balaban J connectivity index is 0. The molecule has 1 atom stereocenters. The highest BCUT2D eigenvalue weighted by Gasteiger charge is 1.95. The summed E-state index contributed by atoms with van der Waals surface area (Å²) in [5.74, 6) is 0. The average Bonchev–Trinajstić information content (AvgIpc) is 1.68. The van der Waals surface area contributed by atoms with Crippen LogP contribution in [0.1, 0.15) is 0 Å². The molecule has 0 amide bonds. The maximum atomic E-state index is 8.61. The van der Waals surface area contributed by atoms with Gasteiger partial charge in [0.2, 0.25) is 0 Å². The van der Waals surface area contributed by atoms with Gasteiger partial charge >= 0.3 is 0 Å². The molecule has 0 aliphatic carbocycles. The van der Waals surface area contributed by atoms with E-state index in [1.165, 1.54) is 7.11 Å². The van der Waals surface area contributed by atoms with Crippen LogP contribution in [0.4, 0.5) is 0 Å². The monoisotopic (exact) mass is 141 g/mol. The van der Waals surface area contributed by atoms with E-state index in [0.29, 0.717) is 6.61 Å². The zero-order valence-corrected chi connectivity index (χ0v) is 5.65. The highest BCUT2D eigenvalue weighted by atomic mass is 35.5. The Hall–Kier alpha value is 0.170. The van der Waals surface area contributed by atoms with Crippen molar-refractivity contribution in [1.82, 2.24) is 0 Å². The molecule has 0 bridgehead atoms. The van der Waals surface area contributed by atoms with Crippen LogP contribution >= 0.6 is 12.4 Å². The Morgan fingerprint density at radius 1 is 1.75 bits per heavy atom. The van der Waals surface area contributed by atoms with Crippen LogP contribution in [0.3, 0.4) is 0 Å². The van der Waals surface area contributed by atoms with Gasteiger partial charge in [0.15, 0.2) is 0 Å². The number of aliphatic hydroxyl groups excluding tert-OH is 1. The van der Waals surface area contributed by atoms with E-state index in [2.05, 4.69) is 4.74 Å². The molecule has 0 spiro atoms. The van der Waals surface area contributed by atoms with Crippen LogP contribution in [-0.2, 0) is 4.74 Å². The molecule has 0 fully saturated rings. The van der Waals surface area contributed by atoms with Gasteiger partial charge in [-0.15, -0.1) is 12.4 Å². The number of rotatable bonds is 3. The summed E-state index contributed by atoms with van der Waals surface area (Å²) in [6.45, 7) is 0.602. The molecule has 0 rings (SSSR count). The molecule has 8 heavy (non-hydrogen) atoms. The smallest absolute Gasteiger partial charge is 0.0895 e. The van der Waals surface area contributed by atoms with Crippen molar-refractivity contribution in [1.29, 1.82) is 0 Å². The Morgan fingerprint density at radius 3 is 2.38 bits per heavy atom. The number of aliphatic hydroxyl groups is 1. The van der Waals surface area contributed by atoms with E-state index in [9.17, 15) is 0 Å².